The van der Waals surface area contributed by atoms with Crippen LogP contribution in [0.25, 0.3) is 0 Å². The zero-order valence-corrected chi connectivity index (χ0v) is 13.9. The monoisotopic (exact) mass is 299 g/mol. The molecule has 1 aliphatic heterocycles. The van der Waals surface area contributed by atoms with Gasteiger partial charge in [0, 0.05) is 17.8 Å². The molecule has 108 valence electrons. The standard InChI is InChI=1S/C15H25NOS2/c1-10(17)8-15(3,4)9-16-13-7-11(2)19-14-12(13)5-6-18-14/h5-6,10-11,13,16-17H,7-9H2,1-4H3/t10?,11-,13?/m0/s1. The molecule has 19 heavy (non-hydrogen) atoms. The Kier molecular flexibility index (Phi) is 4.99. The quantitative estimate of drug-likeness (QED) is 0.860. The molecule has 0 aromatic carbocycles. The zero-order valence-electron chi connectivity index (χ0n) is 12.3. The molecule has 0 saturated heterocycles. The van der Waals surface area contributed by atoms with Crippen molar-refractivity contribution in [3.05, 3.63) is 17.0 Å². The molecule has 1 aromatic rings. The lowest BCUT2D eigenvalue weighted by atomic mass is 9.86. The molecular formula is C15H25NOS2. The fourth-order valence-corrected chi connectivity index (χ4v) is 5.38. The first-order valence-electron chi connectivity index (χ1n) is 7.03. The summed E-state index contributed by atoms with van der Waals surface area (Å²) < 4.78 is 1.48. The van der Waals surface area contributed by atoms with Crippen LogP contribution in [-0.4, -0.2) is 23.0 Å². The fourth-order valence-electron chi connectivity index (χ4n) is 2.81. The van der Waals surface area contributed by atoms with E-state index < -0.39 is 0 Å². The van der Waals surface area contributed by atoms with Gasteiger partial charge < -0.3 is 10.4 Å². The summed E-state index contributed by atoms with van der Waals surface area (Å²) in [7, 11) is 0. The number of hydrogen-bond donors (Lipinski definition) is 2. The molecule has 2 heterocycles. The fraction of sp³-hybridized carbons (Fsp3) is 0.733. The van der Waals surface area contributed by atoms with Gasteiger partial charge in [0.1, 0.15) is 0 Å². The van der Waals surface area contributed by atoms with E-state index in [0.717, 1.165) is 13.0 Å². The van der Waals surface area contributed by atoms with Crippen LogP contribution in [0.2, 0.25) is 0 Å². The second-order valence-electron chi connectivity index (χ2n) is 6.48. The number of fused-ring (bicyclic) bond motifs is 1. The summed E-state index contributed by atoms with van der Waals surface area (Å²) in [5.41, 5.74) is 1.61. The molecule has 0 saturated carbocycles. The highest BCUT2D eigenvalue weighted by molar-refractivity contribution is 8.01. The Morgan fingerprint density at radius 2 is 2.26 bits per heavy atom. The normalized spacial score (nSPS) is 25.1. The van der Waals surface area contributed by atoms with Crippen LogP contribution in [0.15, 0.2) is 15.7 Å². The van der Waals surface area contributed by atoms with Crippen LogP contribution in [0.3, 0.4) is 0 Å². The maximum Gasteiger partial charge on any atom is 0.0649 e. The summed E-state index contributed by atoms with van der Waals surface area (Å²) in [6.45, 7) is 9.58. The van der Waals surface area contributed by atoms with Crippen molar-refractivity contribution >= 4 is 23.1 Å². The van der Waals surface area contributed by atoms with Gasteiger partial charge in [-0.2, -0.15) is 0 Å². The minimum Gasteiger partial charge on any atom is -0.393 e. The first kappa shape index (κ1) is 15.4. The molecular weight excluding hydrogens is 274 g/mol. The molecule has 0 spiro atoms. The number of aliphatic hydroxyl groups excluding tert-OH is 1. The summed E-state index contributed by atoms with van der Waals surface area (Å²) in [5.74, 6) is 0. The van der Waals surface area contributed by atoms with Gasteiger partial charge >= 0.3 is 0 Å². The smallest absolute Gasteiger partial charge is 0.0649 e. The Morgan fingerprint density at radius 3 is 2.95 bits per heavy atom. The third kappa shape index (κ3) is 4.22. The number of nitrogens with one attached hydrogen (secondary N) is 1. The van der Waals surface area contributed by atoms with Crippen molar-refractivity contribution in [3.63, 3.8) is 0 Å². The molecule has 3 atom stereocenters. The van der Waals surface area contributed by atoms with Crippen molar-refractivity contribution in [1.29, 1.82) is 0 Å². The average Bonchev–Trinajstić information content (AvgIpc) is 2.71. The van der Waals surface area contributed by atoms with E-state index in [9.17, 15) is 5.11 Å². The predicted molar refractivity (Wildman–Crippen MR) is 85.1 cm³/mol. The summed E-state index contributed by atoms with van der Waals surface area (Å²) in [4.78, 5) is 0. The van der Waals surface area contributed by atoms with Crippen molar-refractivity contribution in [2.45, 2.75) is 62.1 Å². The van der Waals surface area contributed by atoms with Gasteiger partial charge in [0.25, 0.3) is 0 Å². The van der Waals surface area contributed by atoms with Gasteiger partial charge in [-0.15, -0.1) is 23.1 Å². The summed E-state index contributed by atoms with van der Waals surface area (Å²) in [6.07, 6.45) is 1.81. The number of thiophene rings is 1. The van der Waals surface area contributed by atoms with E-state index in [1.165, 1.54) is 16.2 Å². The highest BCUT2D eigenvalue weighted by Crippen LogP contribution is 2.43. The van der Waals surface area contributed by atoms with E-state index >= 15 is 0 Å². The van der Waals surface area contributed by atoms with Crippen molar-refractivity contribution < 1.29 is 5.11 Å². The summed E-state index contributed by atoms with van der Waals surface area (Å²) in [6, 6.07) is 2.74. The Hall–Kier alpha value is -0.0300. The maximum atomic E-state index is 9.56. The highest BCUT2D eigenvalue weighted by Gasteiger charge is 2.28. The molecule has 0 fully saturated rings. The predicted octanol–water partition coefficient (Wildman–Crippen LogP) is 4.06. The van der Waals surface area contributed by atoms with Crippen LogP contribution < -0.4 is 5.32 Å². The van der Waals surface area contributed by atoms with Gasteiger partial charge in [0.05, 0.1) is 10.3 Å². The lowest BCUT2D eigenvalue weighted by molar-refractivity contribution is 0.126. The molecule has 2 rings (SSSR count). The number of rotatable bonds is 5. The second-order valence-corrected chi connectivity index (χ2v) is 9.10. The summed E-state index contributed by atoms with van der Waals surface area (Å²) >= 11 is 3.86. The van der Waals surface area contributed by atoms with Crippen LogP contribution in [0.1, 0.15) is 52.1 Å². The van der Waals surface area contributed by atoms with E-state index in [-0.39, 0.29) is 11.5 Å². The molecule has 2 nitrogen and oxygen atoms in total. The maximum absolute atomic E-state index is 9.56. The molecule has 0 bridgehead atoms. The van der Waals surface area contributed by atoms with Crippen LogP contribution >= 0.6 is 23.1 Å². The summed E-state index contributed by atoms with van der Waals surface area (Å²) in [5, 5.41) is 16.2. The largest absolute Gasteiger partial charge is 0.393 e. The van der Waals surface area contributed by atoms with Gasteiger partial charge in [0.15, 0.2) is 0 Å². The molecule has 0 radical (unpaired) electrons. The van der Waals surface area contributed by atoms with E-state index in [2.05, 4.69) is 37.5 Å². The first-order valence-corrected chi connectivity index (χ1v) is 8.79. The van der Waals surface area contributed by atoms with Crippen molar-refractivity contribution in [2.24, 2.45) is 5.41 Å². The van der Waals surface area contributed by atoms with Crippen molar-refractivity contribution in [2.75, 3.05) is 6.54 Å². The van der Waals surface area contributed by atoms with Crippen LogP contribution in [0.5, 0.6) is 0 Å². The van der Waals surface area contributed by atoms with E-state index in [4.69, 9.17) is 0 Å². The number of thioether (sulfide) groups is 1. The molecule has 1 aromatic heterocycles. The molecule has 0 amide bonds. The number of aliphatic hydroxyl groups is 1. The molecule has 0 aliphatic carbocycles. The minimum atomic E-state index is -0.227. The topological polar surface area (TPSA) is 32.3 Å². The zero-order chi connectivity index (χ0) is 14.0. The molecule has 2 N–H and O–H groups in total. The SMILES string of the molecule is CC(O)CC(C)(C)CNC1C[C@H](C)Sc2sccc21. The minimum absolute atomic E-state index is 0.137. The van der Waals surface area contributed by atoms with Gasteiger partial charge in [-0.1, -0.05) is 20.8 Å². The van der Waals surface area contributed by atoms with Crippen LogP contribution in [0.4, 0.5) is 0 Å². The molecule has 1 aliphatic rings. The van der Waals surface area contributed by atoms with Gasteiger partial charge in [-0.25, -0.2) is 0 Å². The Balaban J connectivity index is 1.97. The van der Waals surface area contributed by atoms with E-state index in [1.54, 1.807) is 0 Å². The Labute approximate surface area is 125 Å². The average molecular weight is 300 g/mol. The van der Waals surface area contributed by atoms with Crippen molar-refractivity contribution in [3.8, 4) is 0 Å². The van der Waals surface area contributed by atoms with Crippen LogP contribution in [0, 0.1) is 5.41 Å². The van der Waals surface area contributed by atoms with Gasteiger partial charge in [0.2, 0.25) is 0 Å². The van der Waals surface area contributed by atoms with E-state index in [0.29, 0.717) is 11.3 Å². The Morgan fingerprint density at radius 1 is 1.53 bits per heavy atom. The molecule has 2 unspecified atom stereocenters. The third-order valence-electron chi connectivity index (χ3n) is 3.58. The lowest BCUT2D eigenvalue weighted by Gasteiger charge is -2.32. The third-order valence-corrected chi connectivity index (χ3v) is 5.93. The highest BCUT2D eigenvalue weighted by atomic mass is 32.2. The van der Waals surface area contributed by atoms with Crippen LogP contribution in [-0.2, 0) is 0 Å². The lowest BCUT2D eigenvalue weighted by Crippen LogP contribution is -2.36. The first-order chi connectivity index (χ1) is 8.87. The second kappa shape index (κ2) is 6.17. The van der Waals surface area contributed by atoms with Gasteiger partial charge in [-0.05, 0) is 42.2 Å². The van der Waals surface area contributed by atoms with Gasteiger partial charge in [-0.3, -0.25) is 0 Å². The Bertz CT molecular complexity index is 414. The van der Waals surface area contributed by atoms with Crippen molar-refractivity contribution in [1.82, 2.24) is 5.32 Å². The number of hydrogen-bond acceptors (Lipinski definition) is 4. The molecule has 4 heteroatoms. The van der Waals surface area contributed by atoms with E-state index in [1.807, 2.05) is 30.0 Å².